The first-order valence-corrected chi connectivity index (χ1v) is 11.1. The van der Waals surface area contributed by atoms with Crippen molar-refractivity contribution < 1.29 is 9.59 Å². The van der Waals surface area contributed by atoms with Gasteiger partial charge in [0.15, 0.2) is 0 Å². The topological polar surface area (TPSA) is 52.7 Å². The minimum absolute atomic E-state index is 0.00439. The quantitative estimate of drug-likeness (QED) is 0.677. The Bertz CT molecular complexity index is 911. The van der Waals surface area contributed by atoms with Crippen molar-refractivity contribution in [3.63, 3.8) is 0 Å². The minimum atomic E-state index is -0.109. The highest BCUT2D eigenvalue weighted by Gasteiger charge is 2.25. The fourth-order valence-electron chi connectivity index (χ4n) is 4.13. The summed E-state index contributed by atoms with van der Waals surface area (Å²) >= 11 is 6.45. The normalized spacial score (nSPS) is 14.0. The minimum Gasteiger partial charge on any atom is -0.350 e. The van der Waals surface area contributed by atoms with Crippen molar-refractivity contribution in [2.75, 3.05) is 31.1 Å². The highest BCUT2D eigenvalue weighted by Crippen LogP contribution is 2.30. The second kappa shape index (κ2) is 10.1. The third-order valence-electron chi connectivity index (χ3n) is 5.81. The zero-order valence-electron chi connectivity index (χ0n) is 18.0. The lowest BCUT2D eigenvalue weighted by atomic mass is 10.0. The van der Waals surface area contributed by atoms with Gasteiger partial charge in [-0.2, -0.15) is 0 Å². The van der Waals surface area contributed by atoms with Gasteiger partial charge in [-0.1, -0.05) is 50.6 Å². The fraction of sp³-hybridized carbons (Fsp3) is 0.417. The second-order valence-corrected chi connectivity index (χ2v) is 7.87. The molecule has 0 bridgehead atoms. The van der Waals surface area contributed by atoms with Crippen molar-refractivity contribution >= 4 is 29.1 Å². The highest BCUT2D eigenvalue weighted by atomic mass is 35.5. The largest absolute Gasteiger partial charge is 0.350 e. The van der Waals surface area contributed by atoms with E-state index in [1.54, 1.807) is 6.07 Å². The van der Waals surface area contributed by atoms with Crippen LogP contribution in [0.25, 0.3) is 0 Å². The molecule has 0 saturated heterocycles. The van der Waals surface area contributed by atoms with Crippen LogP contribution < -0.4 is 10.2 Å². The van der Waals surface area contributed by atoms with Gasteiger partial charge in [-0.25, -0.2) is 0 Å². The fourth-order valence-corrected chi connectivity index (χ4v) is 4.39. The van der Waals surface area contributed by atoms with Crippen LogP contribution in [-0.2, 0) is 11.2 Å². The maximum absolute atomic E-state index is 12.9. The molecule has 6 heteroatoms. The van der Waals surface area contributed by atoms with Crippen LogP contribution in [-0.4, -0.2) is 42.9 Å². The predicted molar refractivity (Wildman–Crippen MR) is 122 cm³/mol. The van der Waals surface area contributed by atoms with Crippen molar-refractivity contribution in [1.29, 1.82) is 0 Å². The Morgan fingerprint density at radius 1 is 1.13 bits per heavy atom. The van der Waals surface area contributed by atoms with Gasteiger partial charge in [-0.15, -0.1) is 0 Å². The third-order valence-corrected chi connectivity index (χ3v) is 6.16. The van der Waals surface area contributed by atoms with Gasteiger partial charge in [0.05, 0.1) is 6.04 Å². The number of rotatable bonds is 8. The lowest BCUT2D eigenvalue weighted by Gasteiger charge is -2.31. The molecule has 30 heavy (non-hydrogen) atoms. The van der Waals surface area contributed by atoms with Gasteiger partial charge in [0.2, 0.25) is 5.91 Å². The van der Waals surface area contributed by atoms with Crippen LogP contribution in [0, 0.1) is 0 Å². The molecule has 1 N–H and O–H groups in total. The van der Waals surface area contributed by atoms with Crippen molar-refractivity contribution in [1.82, 2.24) is 10.2 Å². The SMILES string of the molecule is CCC(=O)N1CCc2cc(C(=O)NCC(c3ccccc3Cl)N(CC)CC)ccc21. The van der Waals surface area contributed by atoms with E-state index in [1.807, 2.05) is 48.2 Å². The molecule has 2 amide bonds. The molecule has 0 aliphatic carbocycles. The van der Waals surface area contributed by atoms with Gasteiger partial charge in [-0.3, -0.25) is 14.5 Å². The zero-order chi connectivity index (χ0) is 21.7. The predicted octanol–water partition coefficient (Wildman–Crippen LogP) is 4.45. The van der Waals surface area contributed by atoms with E-state index >= 15 is 0 Å². The van der Waals surface area contributed by atoms with E-state index in [1.165, 1.54) is 0 Å². The molecule has 0 saturated carbocycles. The van der Waals surface area contributed by atoms with Gasteiger partial charge in [0.1, 0.15) is 0 Å². The number of benzene rings is 2. The summed E-state index contributed by atoms with van der Waals surface area (Å²) < 4.78 is 0. The second-order valence-electron chi connectivity index (χ2n) is 7.46. The van der Waals surface area contributed by atoms with E-state index in [-0.39, 0.29) is 17.9 Å². The zero-order valence-corrected chi connectivity index (χ0v) is 18.7. The molecule has 1 unspecified atom stereocenters. The lowest BCUT2D eigenvalue weighted by molar-refractivity contribution is -0.118. The first-order chi connectivity index (χ1) is 14.5. The van der Waals surface area contributed by atoms with Crippen molar-refractivity contribution in [2.24, 2.45) is 0 Å². The molecule has 0 spiro atoms. The molecular weight excluding hydrogens is 398 g/mol. The van der Waals surface area contributed by atoms with Gasteiger partial charge >= 0.3 is 0 Å². The summed E-state index contributed by atoms with van der Waals surface area (Å²) in [6, 6.07) is 13.4. The molecule has 160 valence electrons. The van der Waals surface area contributed by atoms with Crippen LogP contribution in [0.1, 0.15) is 54.7 Å². The number of carbonyl (C=O) groups is 2. The van der Waals surface area contributed by atoms with E-state index in [9.17, 15) is 9.59 Å². The Morgan fingerprint density at radius 2 is 1.87 bits per heavy atom. The average molecular weight is 428 g/mol. The molecule has 1 aliphatic heterocycles. The maximum atomic E-state index is 12.9. The molecule has 1 heterocycles. The number of halogens is 1. The summed E-state index contributed by atoms with van der Waals surface area (Å²) in [6.07, 6.45) is 1.26. The number of likely N-dealkylation sites (N-methyl/N-ethyl adjacent to an activating group) is 1. The van der Waals surface area contributed by atoms with Crippen LogP contribution in [0.4, 0.5) is 5.69 Å². The van der Waals surface area contributed by atoms with Crippen LogP contribution in [0.2, 0.25) is 5.02 Å². The molecule has 1 aliphatic rings. The van der Waals surface area contributed by atoms with Crippen molar-refractivity contribution in [3.8, 4) is 0 Å². The van der Waals surface area contributed by atoms with E-state index in [0.717, 1.165) is 36.3 Å². The number of amides is 2. The average Bonchev–Trinajstić information content (AvgIpc) is 3.20. The molecular formula is C24H30ClN3O2. The molecule has 3 rings (SSSR count). The summed E-state index contributed by atoms with van der Waals surface area (Å²) in [6.45, 7) is 8.97. The number of hydrogen-bond acceptors (Lipinski definition) is 3. The molecule has 2 aromatic rings. The summed E-state index contributed by atoms with van der Waals surface area (Å²) in [5.41, 5.74) is 3.62. The van der Waals surface area contributed by atoms with E-state index in [4.69, 9.17) is 11.6 Å². The van der Waals surface area contributed by atoms with Crippen LogP contribution in [0.15, 0.2) is 42.5 Å². The first-order valence-electron chi connectivity index (χ1n) is 10.7. The number of nitrogens with one attached hydrogen (secondary N) is 1. The summed E-state index contributed by atoms with van der Waals surface area (Å²) in [4.78, 5) is 29.1. The number of carbonyl (C=O) groups excluding carboxylic acids is 2. The van der Waals surface area contributed by atoms with Gasteiger partial charge in [-0.05, 0) is 54.9 Å². The Hall–Kier alpha value is -2.37. The molecule has 5 nitrogen and oxygen atoms in total. The van der Waals surface area contributed by atoms with E-state index in [2.05, 4.69) is 24.1 Å². The van der Waals surface area contributed by atoms with Gasteiger partial charge in [0.25, 0.3) is 5.91 Å². The summed E-state index contributed by atoms with van der Waals surface area (Å²) in [5, 5.41) is 3.80. The molecule has 2 aromatic carbocycles. The molecule has 1 atom stereocenters. The van der Waals surface area contributed by atoms with Crippen molar-refractivity contribution in [3.05, 3.63) is 64.2 Å². The Kier molecular flexibility index (Phi) is 7.51. The third kappa shape index (κ3) is 4.68. The molecule has 0 aromatic heterocycles. The van der Waals surface area contributed by atoms with Gasteiger partial charge in [0, 0.05) is 35.8 Å². The highest BCUT2D eigenvalue weighted by molar-refractivity contribution is 6.31. The summed E-state index contributed by atoms with van der Waals surface area (Å²) in [5.74, 6) is 0.00929. The standard InChI is InChI=1S/C24H30ClN3O2/c1-4-23(29)28-14-13-17-15-18(11-12-21(17)28)24(30)26-16-22(27(5-2)6-3)19-9-7-8-10-20(19)25/h7-12,15,22H,4-6,13-14,16H2,1-3H3,(H,26,30). The Labute approximate surface area is 184 Å². The number of nitrogens with zero attached hydrogens (tertiary/aromatic N) is 2. The number of hydrogen-bond donors (Lipinski definition) is 1. The Morgan fingerprint density at radius 3 is 2.53 bits per heavy atom. The van der Waals surface area contributed by atoms with E-state index < -0.39 is 0 Å². The maximum Gasteiger partial charge on any atom is 0.251 e. The summed E-state index contributed by atoms with van der Waals surface area (Å²) in [7, 11) is 0. The van der Waals surface area contributed by atoms with E-state index in [0.29, 0.717) is 30.1 Å². The smallest absolute Gasteiger partial charge is 0.251 e. The monoisotopic (exact) mass is 427 g/mol. The van der Waals surface area contributed by atoms with Crippen molar-refractivity contribution in [2.45, 2.75) is 39.7 Å². The molecule has 0 radical (unpaired) electrons. The van der Waals surface area contributed by atoms with Gasteiger partial charge < -0.3 is 10.2 Å². The first kappa shape index (κ1) is 22.3. The number of fused-ring (bicyclic) bond motifs is 1. The van der Waals surface area contributed by atoms with Crippen LogP contribution in [0.3, 0.4) is 0 Å². The Balaban J connectivity index is 1.75. The molecule has 0 fully saturated rings. The lowest BCUT2D eigenvalue weighted by Crippen LogP contribution is -2.38. The van der Waals surface area contributed by atoms with Crippen LogP contribution in [0.5, 0.6) is 0 Å². The number of anilines is 1. The van der Waals surface area contributed by atoms with Crippen LogP contribution >= 0.6 is 11.6 Å².